The first-order valence-electron chi connectivity index (χ1n) is 6.95. The van der Waals surface area contributed by atoms with Gasteiger partial charge >= 0.3 is 0 Å². The second-order valence-electron chi connectivity index (χ2n) is 5.10. The minimum atomic E-state index is -0.439. The summed E-state index contributed by atoms with van der Waals surface area (Å²) in [7, 11) is 0. The van der Waals surface area contributed by atoms with Crippen LogP contribution in [0.5, 0.6) is 5.75 Å². The van der Waals surface area contributed by atoms with Crippen molar-refractivity contribution >= 4 is 11.6 Å². The average molecular weight is 308 g/mol. The molecule has 0 heterocycles. The number of benzene rings is 2. The van der Waals surface area contributed by atoms with Gasteiger partial charge in [-0.05, 0) is 48.7 Å². The third-order valence-corrected chi connectivity index (χ3v) is 3.67. The molecule has 4 heteroatoms. The van der Waals surface area contributed by atoms with E-state index < -0.39 is 6.10 Å². The van der Waals surface area contributed by atoms with Gasteiger partial charge in [0.1, 0.15) is 17.7 Å². The maximum absolute atomic E-state index is 13.4. The molecule has 2 N–H and O–H groups in total. The molecule has 0 aliphatic rings. The molecule has 2 aromatic carbocycles. The van der Waals surface area contributed by atoms with Gasteiger partial charge in [-0.2, -0.15) is 0 Å². The summed E-state index contributed by atoms with van der Waals surface area (Å²) in [6.45, 7) is 3.93. The maximum atomic E-state index is 13.4. The minimum Gasteiger partial charge on any atom is -0.483 e. The van der Waals surface area contributed by atoms with E-state index in [0.29, 0.717) is 22.8 Å². The Kier molecular flexibility index (Phi) is 5.21. The number of ether oxygens (including phenoxy) is 1. The van der Waals surface area contributed by atoms with Gasteiger partial charge in [0.15, 0.2) is 0 Å². The Morgan fingerprint density at radius 2 is 2.00 bits per heavy atom. The van der Waals surface area contributed by atoms with Crippen molar-refractivity contribution in [3.05, 3.63) is 64.4 Å². The van der Waals surface area contributed by atoms with Crippen LogP contribution in [0.15, 0.2) is 42.5 Å². The highest BCUT2D eigenvalue weighted by atomic mass is 35.5. The first-order valence-corrected chi connectivity index (χ1v) is 7.33. The molecule has 0 spiro atoms. The quantitative estimate of drug-likeness (QED) is 0.873. The molecule has 0 aliphatic carbocycles. The summed E-state index contributed by atoms with van der Waals surface area (Å²) in [5.74, 6) is 0.250. The minimum absolute atomic E-state index is 0.246. The highest BCUT2D eigenvalue weighted by Gasteiger charge is 2.22. The largest absolute Gasteiger partial charge is 0.483 e. The summed E-state index contributed by atoms with van der Waals surface area (Å²) < 4.78 is 19.4. The molecular weight excluding hydrogens is 289 g/mol. The van der Waals surface area contributed by atoms with Crippen molar-refractivity contribution in [2.45, 2.75) is 32.4 Å². The zero-order valence-corrected chi connectivity index (χ0v) is 12.9. The van der Waals surface area contributed by atoms with Crippen LogP contribution in [0.3, 0.4) is 0 Å². The Morgan fingerprint density at radius 1 is 1.24 bits per heavy atom. The molecule has 0 amide bonds. The summed E-state index contributed by atoms with van der Waals surface area (Å²) in [5, 5.41) is 0.528. The third kappa shape index (κ3) is 3.96. The second-order valence-corrected chi connectivity index (χ2v) is 5.51. The number of aryl methyl sites for hydroxylation is 1. The normalized spacial score (nSPS) is 13.8. The fourth-order valence-corrected chi connectivity index (χ4v) is 2.42. The van der Waals surface area contributed by atoms with Crippen molar-refractivity contribution in [2.75, 3.05) is 0 Å². The monoisotopic (exact) mass is 307 g/mol. The van der Waals surface area contributed by atoms with E-state index in [1.807, 2.05) is 38.1 Å². The van der Waals surface area contributed by atoms with Crippen LogP contribution >= 0.6 is 11.6 Å². The lowest BCUT2D eigenvalue weighted by atomic mass is 10.0. The fourth-order valence-electron chi connectivity index (χ4n) is 2.14. The van der Waals surface area contributed by atoms with Crippen LogP contribution in [-0.4, -0.2) is 6.04 Å². The lowest BCUT2D eigenvalue weighted by molar-refractivity contribution is 0.171. The van der Waals surface area contributed by atoms with Crippen LogP contribution in [0.2, 0.25) is 5.02 Å². The van der Waals surface area contributed by atoms with Crippen LogP contribution in [-0.2, 0) is 0 Å². The lowest BCUT2D eigenvalue weighted by Gasteiger charge is -2.25. The van der Waals surface area contributed by atoms with Gasteiger partial charge in [0.2, 0.25) is 0 Å². The standard InChI is InChI=1S/C17H19ClFNO/c1-3-15(20)17(12-5-4-6-13(19)10-12)21-16-8-7-11(2)9-14(16)18/h4-10,15,17H,3,20H2,1-2H3. The number of rotatable bonds is 5. The van der Waals surface area contributed by atoms with Crippen LogP contribution in [0.4, 0.5) is 4.39 Å². The Balaban J connectivity index is 2.33. The predicted octanol–water partition coefficient (Wildman–Crippen LogP) is 4.64. The zero-order valence-electron chi connectivity index (χ0n) is 12.1. The maximum Gasteiger partial charge on any atom is 0.139 e. The number of hydrogen-bond acceptors (Lipinski definition) is 2. The van der Waals surface area contributed by atoms with E-state index in [9.17, 15) is 4.39 Å². The molecule has 112 valence electrons. The van der Waals surface area contributed by atoms with Gasteiger partial charge in [-0.3, -0.25) is 0 Å². The molecule has 2 unspecified atom stereocenters. The van der Waals surface area contributed by atoms with Gasteiger partial charge in [-0.1, -0.05) is 36.7 Å². The number of hydrogen-bond donors (Lipinski definition) is 1. The van der Waals surface area contributed by atoms with E-state index in [1.165, 1.54) is 12.1 Å². The van der Waals surface area contributed by atoms with Gasteiger partial charge in [0, 0.05) is 6.04 Å². The van der Waals surface area contributed by atoms with Crippen molar-refractivity contribution in [1.82, 2.24) is 0 Å². The smallest absolute Gasteiger partial charge is 0.139 e. The van der Waals surface area contributed by atoms with Crippen molar-refractivity contribution in [1.29, 1.82) is 0 Å². The summed E-state index contributed by atoms with van der Waals surface area (Å²) in [6.07, 6.45) is 0.274. The molecule has 2 aromatic rings. The molecule has 0 radical (unpaired) electrons. The molecule has 0 saturated carbocycles. The van der Waals surface area contributed by atoms with Crippen LogP contribution in [0.1, 0.15) is 30.6 Å². The number of halogens is 2. The molecular formula is C17H19ClFNO. The average Bonchev–Trinajstić information content (AvgIpc) is 2.45. The summed E-state index contributed by atoms with van der Waals surface area (Å²) in [6, 6.07) is 11.6. The molecule has 0 saturated heterocycles. The van der Waals surface area contributed by atoms with Gasteiger partial charge in [0.05, 0.1) is 5.02 Å². The number of nitrogens with two attached hydrogens (primary N) is 1. The Bertz CT molecular complexity index is 617. The van der Waals surface area contributed by atoms with Crippen LogP contribution in [0, 0.1) is 12.7 Å². The molecule has 21 heavy (non-hydrogen) atoms. The molecule has 2 rings (SSSR count). The molecule has 0 bridgehead atoms. The second kappa shape index (κ2) is 6.92. The van der Waals surface area contributed by atoms with Crippen molar-refractivity contribution in [3.63, 3.8) is 0 Å². The van der Waals surface area contributed by atoms with E-state index in [2.05, 4.69) is 0 Å². The topological polar surface area (TPSA) is 35.2 Å². The highest BCUT2D eigenvalue weighted by molar-refractivity contribution is 6.32. The van der Waals surface area contributed by atoms with E-state index >= 15 is 0 Å². The van der Waals surface area contributed by atoms with Gasteiger partial charge in [-0.25, -0.2) is 4.39 Å². The van der Waals surface area contributed by atoms with E-state index in [-0.39, 0.29) is 11.9 Å². The molecule has 2 nitrogen and oxygen atoms in total. The predicted molar refractivity (Wildman–Crippen MR) is 84.2 cm³/mol. The summed E-state index contributed by atoms with van der Waals surface area (Å²) in [5.41, 5.74) is 7.90. The van der Waals surface area contributed by atoms with Gasteiger partial charge in [0.25, 0.3) is 0 Å². The SMILES string of the molecule is CCC(N)C(Oc1ccc(C)cc1Cl)c1cccc(F)c1. The summed E-state index contributed by atoms with van der Waals surface area (Å²) in [4.78, 5) is 0. The van der Waals surface area contributed by atoms with E-state index in [4.69, 9.17) is 22.1 Å². The lowest BCUT2D eigenvalue weighted by Crippen LogP contribution is -2.31. The molecule has 0 aliphatic heterocycles. The van der Waals surface area contributed by atoms with Crippen molar-refractivity contribution in [2.24, 2.45) is 5.73 Å². The first-order chi connectivity index (χ1) is 10.0. The Hall–Kier alpha value is -1.58. The highest BCUT2D eigenvalue weighted by Crippen LogP contribution is 2.31. The van der Waals surface area contributed by atoms with Crippen LogP contribution in [0.25, 0.3) is 0 Å². The summed E-state index contributed by atoms with van der Waals surface area (Å²) >= 11 is 6.20. The Morgan fingerprint density at radius 3 is 2.62 bits per heavy atom. The zero-order chi connectivity index (χ0) is 15.4. The van der Waals surface area contributed by atoms with Gasteiger partial charge < -0.3 is 10.5 Å². The van der Waals surface area contributed by atoms with E-state index in [0.717, 1.165) is 5.56 Å². The van der Waals surface area contributed by atoms with Crippen molar-refractivity contribution < 1.29 is 9.13 Å². The van der Waals surface area contributed by atoms with Crippen LogP contribution < -0.4 is 10.5 Å². The van der Waals surface area contributed by atoms with Gasteiger partial charge in [-0.15, -0.1) is 0 Å². The fraction of sp³-hybridized carbons (Fsp3) is 0.294. The van der Waals surface area contributed by atoms with Crippen molar-refractivity contribution in [3.8, 4) is 5.75 Å². The molecule has 2 atom stereocenters. The molecule has 0 fully saturated rings. The molecule has 0 aromatic heterocycles. The van der Waals surface area contributed by atoms with E-state index in [1.54, 1.807) is 6.07 Å². The first kappa shape index (κ1) is 15.8. The third-order valence-electron chi connectivity index (χ3n) is 3.38. The Labute approximate surface area is 129 Å².